The fourth-order valence-corrected chi connectivity index (χ4v) is 4.23. The topological polar surface area (TPSA) is 27.1 Å². The third-order valence-corrected chi connectivity index (χ3v) is 5.86. The highest BCUT2D eigenvalue weighted by Gasteiger charge is 2.22. The Kier molecular flexibility index (Phi) is 5.33. The van der Waals surface area contributed by atoms with E-state index in [2.05, 4.69) is 42.5 Å². The number of nitrogens with zero attached hydrogens (tertiary/aromatic N) is 2. The Balaban J connectivity index is 1.54. The highest BCUT2D eigenvalue weighted by molar-refractivity contribution is 5.93. The van der Waals surface area contributed by atoms with Crippen LogP contribution in [0.25, 0.3) is 22.2 Å². The van der Waals surface area contributed by atoms with Crippen LogP contribution in [0, 0.1) is 5.82 Å². The van der Waals surface area contributed by atoms with Gasteiger partial charge < -0.3 is 4.74 Å². The first-order valence-electron chi connectivity index (χ1n) is 10.7. The third-order valence-electron chi connectivity index (χ3n) is 5.86. The summed E-state index contributed by atoms with van der Waals surface area (Å²) in [7, 11) is 0. The van der Waals surface area contributed by atoms with Crippen LogP contribution in [0.15, 0.2) is 72.8 Å². The van der Waals surface area contributed by atoms with Crippen molar-refractivity contribution < 1.29 is 9.13 Å². The maximum atomic E-state index is 13.5. The average molecular weight is 400 g/mol. The van der Waals surface area contributed by atoms with Gasteiger partial charge in [-0.15, -0.1) is 0 Å². The van der Waals surface area contributed by atoms with E-state index in [1.165, 1.54) is 23.3 Å². The predicted molar refractivity (Wildman–Crippen MR) is 118 cm³/mol. The maximum absolute atomic E-state index is 13.5. The molecule has 1 unspecified atom stereocenters. The fourth-order valence-electron chi connectivity index (χ4n) is 4.23. The minimum Gasteiger partial charge on any atom is -0.356 e. The minimum atomic E-state index is -0.235. The van der Waals surface area contributed by atoms with Gasteiger partial charge >= 0.3 is 0 Å². The Hall–Kier alpha value is -2.98. The number of fused-ring (bicyclic) bond motifs is 1. The van der Waals surface area contributed by atoms with E-state index in [1.54, 1.807) is 12.1 Å². The summed E-state index contributed by atoms with van der Waals surface area (Å²) in [6.45, 7) is 0.771. The van der Waals surface area contributed by atoms with E-state index in [4.69, 9.17) is 9.84 Å². The first kappa shape index (κ1) is 19.0. The molecule has 4 aromatic rings. The first-order chi connectivity index (χ1) is 14.8. The number of hydrogen-bond donors (Lipinski definition) is 0. The maximum Gasteiger partial charge on any atom is 0.150 e. The van der Waals surface area contributed by atoms with Crippen LogP contribution >= 0.6 is 0 Å². The van der Waals surface area contributed by atoms with Crippen molar-refractivity contribution in [1.29, 1.82) is 0 Å². The van der Waals surface area contributed by atoms with Gasteiger partial charge in [0.25, 0.3) is 0 Å². The summed E-state index contributed by atoms with van der Waals surface area (Å²) in [5, 5.41) is 6.04. The summed E-state index contributed by atoms with van der Waals surface area (Å²) < 4.78 is 21.5. The lowest BCUT2D eigenvalue weighted by Crippen LogP contribution is -2.19. The molecule has 1 aromatic heterocycles. The average Bonchev–Trinajstić information content (AvgIpc) is 3.18. The van der Waals surface area contributed by atoms with Crippen LogP contribution in [-0.4, -0.2) is 16.4 Å². The molecule has 0 N–H and O–H groups in total. The van der Waals surface area contributed by atoms with Crippen molar-refractivity contribution in [2.45, 2.75) is 38.3 Å². The lowest BCUT2D eigenvalue weighted by atomic mass is 10.0. The Morgan fingerprint density at radius 3 is 2.47 bits per heavy atom. The Bertz CT molecular complexity index is 1130. The van der Waals surface area contributed by atoms with E-state index in [-0.39, 0.29) is 12.0 Å². The smallest absolute Gasteiger partial charge is 0.150 e. The molecule has 4 heteroatoms. The largest absolute Gasteiger partial charge is 0.356 e. The quantitative estimate of drug-likeness (QED) is 0.392. The van der Waals surface area contributed by atoms with Gasteiger partial charge in [0.15, 0.2) is 6.23 Å². The van der Waals surface area contributed by atoms with Crippen LogP contribution in [-0.2, 0) is 17.6 Å². The highest BCUT2D eigenvalue weighted by Crippen LogP contribution is 2.33. The molecule has 1 fully saturated rings. The van der Waals surface area contributed by atoms with Gasteiger partial charge in [-0.2, -0.15) is 5.10 Å². The van der Waals surface area contributed by atoms with E-state index >= 15 is 0 Å². The number of rotatable bonds is 5. The van der Waals surface area contributed by atoms with E-state index in [0.29, 0.717) is 0 Å². The summed E-state index contributed by atoms with van der Waals surface area (Å²) in [5.74, 6) is -0.235. The van der Waals surface area contributed by atoms with E-state index in [9.17, 15) is 4.39 Å². The summed E-state index contributed by atoms with van der Waals surface area (Å²) in [5.41, 5.74) is 5.50. The zero-order valence-electron chi connectivity index (χ0n) is 16.9. The number of aromatic nitrogens is 2. The molecular formula is C26H25FN2O. The van der Waals surface area contributed by atoms with Crippen LogP contribution in [0.1, 0.15) is 36.6 Å². The second-order valence-corrected chi connectivity index (χ2v) is 7.96. The molecule has 30 heavy (non-hydrogen) atoms. The molecule has 0 spiro atoms. The number of aryl methyl sites for hydroxylation is 2. The van der Waals surface area contributed by atoms with Gasteiger partial charge in [-0.25, -0.2) is 9.07 Å². The van der Waals surface area contributed by atoms with Gasteiger partial charge in [-0.3, -0.25) is 0 Å². The van der Waals surface area contributed by atoms with Crippen molar-refractivity contribution in [2.75, 3.05) is 6.61 Å². The molecule has 3 aromatic carbocycles. The van der Waals surface area contributed by atoms with Crippen molar-refractivity contribution >= 4 is 10.9 Å². The van der Waals surface area contributed by atoms with Crippen LogP contribution in [0.2, 0.25) is 0 Å². The van der Waals surface area contributed by atoms with Crippen molar-refractivity contribution in [3.63, 3.8) is 0 Å². The standard InChI is InChI=1S/C26H25FN2O/c27-22-14-12-21(13-15-22)26-23-18-20(10-9-19-6-2-1-3-7-19)11-16-24(23)29(28-26)25-8-4-5-17-30-25/h1-3,6-7,11-16,18,25H,4-5,8-10,17H2. The Labute approximate surface area is 176 Å². The fraction of sp³-hybridized carbons (Fsp3) is 0.269. The zero-order valence-corrected chi connectivity index (χ0v) is 16.9. The molecule has 0 amide bonds. The van der Waals surface area contributed by atoms with Crippen molar-refractivity contribution in [3.05, 3.63) is 89.7 Å². The van der Waals surface area contributed by atoms with Gasteiger partial charge in [0.2, 0.25) is 0 Å². The summed E-state index contributed by atoms with van der Waals surface area (Å²) >= 11 is 0. The van der Waals surface area contributed by atoms with E-state index < -0.39 is 0 Å². The summed E-state index contributed by atoms with van der Waals surface area (Å²) in [6, 6.07) is 23.7. The molecular weight excluding hydrogens is 375 g/mol. The highest BCUT2D eigenvalue weighted by atomic mass is 19.1. The minimum absolute atomic E-state index is 0.0365. The van der Waals surface area contributed by atoms with Gasteiger partial charge in [0.05, 0.1) is 5.52 Å². The number of halogens is 1. The Morgan fingerprint density at radius 2 is 1.70 bits per heavy atom. The van der Waals surface area contributed by atoms with Crippen LogP contribution < -0.4 is 0 Å². The van der Waals surface area contributed by atoms with E-state index in [0.717, 1.165) is 60.9 Å². The lowest BCUT2D eigenvalue weighted by Gasteiger charge is -2.23. The SMILES string of the molecule is Fc1ccc(-c2nn(C3CCCCO3)c3ccc(CCc4ccccc4)cc23)cc1. The van der Waals surface area contributed by atoms with Gasteiger partial charge in [-0.1, -0.05) is 36.4 Å². The monoisotopic (exact) mass is 400 g/mol. The van der Waals surface area contributed by atoms with Gasteiger partial charge in [0.1, 0.15) is 11.5 Å². The van der Waals surface area contributed by atoms with Crippen LogP contribution in [0.4, 0.5) is 4.39 Å². The number of ether oxygens (including phenoxy) is 1. The van der Waals surface area contributed by atoms with Gasteiger partial charge in [-0.05, 0) is 79.6 Å². The first-order valence-corrected chi connectivity index (χ1v) is 10.7. The molecule has 5 rings (SSSR count). The zero-order chi connectivity index (χ0) is 20.3. The van der Waals surface area contributed by atoms with Gasteiger partial charge in [0, 0.05) is 17.6 Å². The van der Waals surface area contributed by atoms with Crippen molar-refractivity contribution in [2.24, 2.45) is 0 Å². The molecule has 2 heterocycles. The van der Waals surface area contributed by atoms with E-state index in [1.807, 2.05) is 10.7 Å². The number of benzene rings is 3. The molecule has 1 aliphatic rings. The predicted octanol–water partition coefficient (Wildman–Crippen LogP) is 6.33. The molecule has 1 saturated heterocycles. The number of hydrogen-bond acceptors (Lipinski definition) is 2. The van der Waals surface area contributed by atoms with Crippen LogP contribution in [0.5, 0.6) is 0 Å². The Morgan fingerprint density at radius 1 is 0.900 bits per heavy atom. The summed E-state index contributed by atoms with van der Waals surface area (Å²) in [4.78, 5) is 0. The molecule has 0 saturated carbocycles. The lowest BCUT2D eigenvalue weighted by molar-refractivity contribution is -0.0365. The second-order valence-electron chi connectivity index (χ2n) is 7.96. The van der Waals surface area contributed by atoms with Crippen molar-refractivity contribution in [1.82, 2.24) is 9.78 Å². The molecule has 0 radical (unpaired) electrons. The molecule has 1 aliphatic heterocycles. The third kappa shape index (κ3) is 3.88. The summed E-state index contributed by atoms with van der Waals surface area (Å²) in [6.07, 6.45) is 5.14. The molecule has 0 aliphatic carbocycles. The van der Waals surface area contributed by atoms with Crippen molar-refractivity contribution in [3.8, 4) is 11.3 Å². The molecule has 1 atom stereocenters. The second kappa shape index (κ2) is 8.41. The molecule has 152 valence electrons. The normalized spacial score (nSPS) is 16.8. The molecule has 0 bridgehead atoms. The molecule has 3 nitrogen and oxygen atoms in total. The van der Waals surface area contributed by atoms with Crippen LogP contribution in [0.3, 0.4) is 0 Å².